The van der Waals surface area contributed by atoms with E-state index in [0.717, 1.165) is 5.56 Å². The van der Waals surface area contributed by atoms with Crippen LogP contribution in [0.15, 0.2) is 36.9 Å². The van der Waals surface area contributed by atoms with Crippen molar-refractivity contribution in [2.24, 2.45) is 0 Å². The number of aliphatic hydroxyl groups excluding tert-OH is 2. The molecular weight excluding hydrogens is 449 g/mol. The number of nitrogens with zero attached hydrogens (tertiary/aromatic N) is 4. The van der Waals surface area contributed by atoms with E-state index >= 15 is 0 Å². The molecule has 0 amide bonds. The molecule has 0 aliphatic carbocycles. The van der Waals surface area contributed by atoms with Crippen LogP contribution in [0.4, 0.5) is 5.82 Å². The van der Waals surface area contributed by atoms with Crippen LogP contribution in [0.1, 0.15) is 5.56 Å². The van der Waals surface area contributed by atoms with Gasteiger partial charge < -0.3 is 24.8 Å². The number of anilines is 1. The maximum Gasteiger partial charge on any atom is 0.165 e. The summed E-state index contributed by atoms with van der Waals surface area (Å²) in [6.45, 7) is 1.13. The van der Waals surface area contributed by atoms with Crippen LogP contribution in [-0.4, -0.2) is 54.7 Å². The van der Waals surface area contributed by atoms with E-state index in [1.54, 1.807) is 10.9 Å². The van der Waals surface area contributed by atoms with Crippen molar-refractivity contribution in [2.45, 2.75) is 31.4 Å². The SMILES string of the molecule is OC1[C@H](O)CO[C@@H]1Cn1cnc2c(NCc3cccc(I)c3)ncnc21. The van der Waals surface area contributed by atoms with Crippen molar-refractivity contribution in [1.29, 1.82) is 0 Å². The summed E-state index contributed by atoms with van der Waals surface area (Å²) in [5, 5.41) is 22.9. The summed E-state index contributed by atoms with van der Waals surface area (Å²) in [5.41, 5.74) is 2.47. The van der Waals surface area contributed by atoms with Crippen LogP contribution in [0, 0.1) is 3.57 Å². The lowest BCUT2D eigenvalue weighted by Crippen LogP contribution is -2.32. The Bertz CT molecular complexity index is 918. The first-order chi connectivity index (χ1) is 12.6. The molecule has 1 aromatic carbocycles. The summed E-state index contributed by atoms with van der Waals surface area (Å²) in [6, 6.07) is 8.22. The van der Waals surface area contributed by atoms with Crippen LogP contribution in [0.25, 0.3) is 11.2 Å². The van der Waals surface area contributed by atoms with Gasteiger partial charge in [0.25, 0.3) is 0 Å². The molecule has 8 nitrogen and oxygen atoms in total. The second kappa shape index (κ2) is 7.43. The number of ether oxygens (including phenoxy) is 1. The molecule has 26 heavy (non-hydrogen) atoms. The van der Waals surface area contributed by atoms with Gasteiger partial charge in [0.1, 0.15) is 30.2 Å². The molecule has 1 unspecified atom stereocenters. The number of aliphatic hydroxyl groups is 2. The van der Waals surface area contributed by atoms with Crippen LogP contribution in [-0.2, 0) is 17.8 Å². The van der Waals surface area contributed by atoms with Crippen molar-refractivity contribution >= 4 is 39.6 Å². The highest BCUT2D eigenvalue weighted by Gasteiger charge is 2.35. The highest BCUT2D eigenvalue weighted by molar-refractivity contribution is 14.1. The first-order valence-corrected chi connectivity index (χ1v) is 9.31. The van der Waals surface area contributed by atoms with Gasteiger partial charge in [-0.1, -0.05) is 12.1 Å². The standard InChI is InChI=1S/C17H18IN5O3/c18-11-3-1-2-10(4-11)5-19-16-14-17(21-8-20-16)23(9-22-14)6-13-15(25)12(24)7-26-13/h1-4,8-9,12-13,15,24-25H,5-7H2,(H,19,20,21)/t12-,13-,15?/m1/s1. The van der Waals surface area contributed by atoms with E-state index in [9.17, 15) is 10.2 Å². The highest BCUT2D eigenvalue weighted by atomic mass is 127. The molecule has 0 radical (unpaired) electrons. The molecule has 3 aromatic rings. The molecule has 0 bridgehead atoms. The van der Waals surface area contributed by atoms with E-state index in [0.29, 0.717) is 30.1 Å². The lowest BCUT2D eigenvalue weighted by atomic mass is 10.1. The number of hydrogen-bond donors (Lipinski definition) is 3. The number of hydrogen-bond acceptors (Lipinski definition) is 7. The number of fused-ring (bicyclic) bond motifs is 1. The van der Waals surface area contributed by atoms with E-state index < -0.39 is 18.3 Å². The average molecular weight is 467 g/mol. The average Bonchev–Trinajstić information content (AvgIpc) is 3.19. The fraction of sp³-hybridized carbons (Fsp3) is 0.353. The Hall–Kier alpha value is -1.82. The van der Waals surface area contributed by atoms with Crippen molar-refractivity contribution in [2.75, 3.05) is 11.9 Å². The molecule has 4 rings (SSSR count). The smallest absolute Gasteiger partial charge is 0.165 e. The number of imidazole rings is 1. The minimum absolute atomic E-state index is 0.135. The van der Waals surface area contributed by atoms with Gasteiger partial charge >= 0.3 is 0 Å². The zero-order chi connectivity index (χ0) is 18.1. The van der Waals surface area contributed by atoms with Crippen LogP contribution in [0.3, 0.4) is 0 Å². The monoisotopic (exact) mass is 467 g/mol. The summed E-state index contributed by atoms with van der Waals surface area (Å²) in [7, 11) is 0. The summed E-state index contributed by atoms with van der Waals surface area (Å²) in [5.74, 6) is 0.653. The van der Waals surface area contributed by atoms with Gasteiger partial charge in [-0.3, -0.25) is 0 Å². The van der Waals surface area contributed by atoms with Gasteiger partial charge in [-0.15, -0.1) is 0 Å². The number of halogens is 1. The Morgan fingerprint density at radius 2 is 2.15 bits per heavy atom. The lowest BCUT2D eigenvalue weighted by molar-refractivity contribution is 0.0157. The third-order valence-electron chi connectivity index (χ3n) is 4.38. The van der Waals surface area contributed by atoms with Gasteiger partial charge in [0.15, 0.2) is 11.5 Å². The van der Waals surface area contributed by atoms with E-state index in [-0.39, 0.29) is 6.61 Å². The van der Waals surface area contributed by atoms with Gasteiger partial charge in [-0.2, -0.15) is 0 Å². The van der Waals surface area contributed by atoms with Gasteiger partial charge in [0, 0.05) is 10.1 Å². The summed E-state index contributed by atoms with van der Waals surface area (Å²) < 4.78 is 8.42. The predicted molar refractivity (Wildman–Crippen MR) is 104 cm³/mol. The second-order valence-corrected chi connectivity index (χ2v) is 7.45. The van der Waals surface area contributed by atoms with E-state index in [2.05, 4.69) is 55.0 Å². The maximum absolute atomic E-state index is 9.96. The molecule has 136 valence electrons. The van der Waals surface area contributed by atoms with Gasteiger partial charge in [0.05, 0.1) is 19.5 Å². The zero-order valence-electron chi connectivity index (χ0n) is 13.8. The quantitative estimate of drug-likeness (QED) is 0.484. The first-order valence-electron chi connectivity index (χ1n) is 8.23. The van der Waals surface area contributed by atoms with E-state index in [1.165, 1.54) is 9.90 Å². The molecule has 9 heteroatoms. The summed E-state index contributed by atoms with van der Waals surface area (Å²) >= 11 is 2.28. The fourth-order valence-electron chi connectivity index (χ4n) is 3.00. The lowest BCUT2D eigenvalue weighted by Gasteiger charge is -2.15. The van der Waals surface area contributed by atoms with Crippen molar-refractivity contribution in [3.8, 4) is 0 Å². The van der Waals surface area contributed by atoms with E-state index in [1.807, 2.05) is 12.1 Å². The number of aromatic nitrogens is 4. The highest BCUT2D eigenvalue weighted by Crippen LogP contribution is 2.21. The third-order valence-corrected chi connectivity index (χ3v) is 5.05. The van der Waals surface area contributed by atoms with Gasteiger partial charge in [-0.25, -0.2) is 15.0 Å². The maximum atomic E-state index is 9.96. The molecule has 1 aliphatic rings. The van der Waals surface area contributed by atoms with Crippen LogP contribution >= 0.6 is 22.6 Å². The predicted octanol–water partition coefficient (Wildman–Crippen LogP) is 1.16. The summed E-state index contributed by atoms with van der Waals surface area (Å²) in [4.78, 5) is 13.0. The van der Waals surface area contributed by atoms with Crippen LogP contribution < -0.4 is 5.32 Å². The number of benzene rings is 1. The molecule has 3 atom stereocenters. The molecule has 3 N–H and O–H groups in total. The molecule has 3 heterocycles. The van der Waals surface area contributed by atoms with Crippen molar-refractivity contribution < 1.29 is 14.9 Å². The fourth-order valence-corrected chi connectivity index (χ4v) is 3.61. The van der Waals surface area contributed by atoms with Crippen LogP contribution in [0.5, 0.6) is 0 Å². The number of rotatable bonds is 5. The number of nitrogens with one attached hydrogen (secondary N) is 1. The second-order valence-electron chi connectivity index (χ2n) is 6.20. The van der Waals surface area contributed by atoms with Crippen LogP contribution in [0.2, 0.25) is 0 Å². The minimum Gasteiger partial charge on any atom is -0.388 e. The molecule has 1 aliphatic heterocycles. The Balaban J connectivity index is 1.53. The van der Waals surface area contributed by atoms with Crippen molar-refractivity contribution in [3.05, 3.63) is 46.1 Å². The topological polar surface area (TPSA) is 105 Å². The third kappa shape index (κ3) is 3.52. The molecule has 0 spiro atoms. The molecular formula is C17H18IN5O3. The minimum atomic E-state index is -0.910. The first kappa shape index (κ1) is 17.6. The Labute approximate surface area is 163 Å². The Morgan fingerprint density at radius 1 is 1.27 bits per heavy atom. The van der Waals surface area contributed by atoms with Crippen molar-refractivity contribution in [3.63, 3.8) is 0 Å². The molecule has 0 saturated carbocycles. The van der Waals surface area contributed by atoms with Crippen molar-refractivity contribution in [1.82, 2.24) is 19.5 Å². The van der Waals surface area contributed by atoms with E-state index in [4.69, 9.17) is 4.74 Å². The molecule has 1 fully saturated rings. The Kier molecular flexibility index (Phi) is 5.02. The zero-order valence-corrected chi connectivity index (χ0v) is 15.9. The van der Waals surface area contributed by atoms with Gasteiger partial charge in [-0.05, 0) is 40.3 Å². The summed E-state index contributed by atoms with van der Waals surface area (Å²) in [6.07, 6.45) is 0.887. The molecule has 2 aromatic heterocycles. The largest absolute Gasteiger partial charge is 0.388 e. The Morgan fingerprint density at radius 3 is 2.92 bits per heavy atom. The molecule has 1 saturated heterocycles. The van der Waals surface area contributed by atoms with Gasteiger partial charge in [0.2, 0.25) is 0 Å². The normalized spacial score (nSPS) is 22.8.